The Labute approximate surface area is 69.1 Å². The van der Waals surface area contributed by atoms with Crippen LogP contribution in [0.3, 0.4) is 0 Å². The fourth-order valence-electron chi connectivity index (χ4n) is 0.881. The van der Waals surface area contributed by atoms with Crippen molar-refractivity contribution in [3.63, 3.8) is 0 Å². The highest BCUT2D eigenvalue weighted by Gasteiger charge is 2.18. The van der Waals surface area contributed by atoms with Gasteiger partial charge in [0.25, 0.3) is 0 Å². The van der Waals surface area contributed by atoms with E-state index in [-0.39, 0.29) is 6.42 Å². The Morgan fingerprint density at radius 2 is 2.50 bits per heavy atom. The number of carbonyl (C=O) groups is 1. The molecule has 0 bridgehead atoms. The van der Waals surface area contributed by atoms with Gasteiger partial charge in [-0.15, -0.1) is 0 Å². The van der Waals surface area contributed by atoms with Gasteiger partial charge in [0.15, 0.2) is 0 Å². The Bertz CT molecular complexity index is 216. The molecule has 0 saturated carbocycles. The molecule has 0 amide bonds. The maximum atomic E-state index is 10.3. The van der Waals surface area contributed by atoms with E-state index in [0.29, 0.717) is 5.70 Å². The van der Waals surface area contributed by atoms with Gasteiger partial charge in [-0.05, 0) is 0 Å². The van der Waals surface area contributed by atoms with Crippen molar-refractivity contribution in [1.29, 1.82) is 0 Å². The number of hydrogen-bond acceptors (Lipinski definition) is 5. The van der Waals surface area contributed by atoms with Gasteiger partial charge in [-0.2, -0.15) is 0 Å². The first kappa shape index (κ1) is 8.82. The first-order valence-electron chi connectivity index (χ1n) is 3.47. The van der Waals surface area contributed by atoms with Gasteiger partial charge >= 0.3 is 5.97 Å². The molecule has 2 atom stereocenters. The van der Waals surface area contributed by atoms with Crippen molar-refractivity contribution in [3.05, 3.63) is 11.9 Å². The lowest BCUT2D eigenvalue weighted by Gasteiger charge is -2.08. The van der Waals surface area contributed by atoms with E-state index in [9.17, 15) is 4.79 Å². The molecule has 0 aromatic rings. The van der Waals surface area contributed by atoms with E-state index in [4.69, 9.17) is 15.9 Å². The van der Waals surface area contributed by atoms with E-state index in [1.165, 1.54) is 6.20 Å². The van der Waals surface area contributed by atoms with Gasteiger partial charge in [-0.3, -0.25) is 4.79 Å². The summed E-state index contributed by atoms with van der Waals surface area (Å²) in [6.45, 7) is 0. The molecule has 1 heterocycles. The molecule has 1 aliphatic heterocycles. The lowest BCUT2D eigenvalue weighted by Crippen LogP contribution is -2.35. The Balaban J connectivity index is 2.37. The average molecular weight is 173 g/mol. The Kier molecular flexibility index (Phi) is 2.51. The highest BCUT2D eigenvalue weighted by Crippen LogP contribution is 2.04. The van der Waals surface area contributed by atoms with Gasteiger partial charge in [0.05, 0.1) is 0 Å². The zero-order valence-electron chi connectivity index (χ0n) is 6.32. The predicted molar refractivity (Wildman–Crippen MR) is 40.6 cm³/mol. The van der Waals surface area contributed by atoms with Crippen molar-refractivity contribution in [3.8, 4) is 0 Å². The summed E-state index contributed by atoms with van der Waals surface area (Å²) in [5, 5.41) is 22.5. The monoisotopic (exact) mass is 173 g/mol. The lowest BCUT2D eigenvalue weighted by molar-refractivity contribution is -0.138. The van der Waals surface area contributed by atoms with Crippen molar-refractivity contribution in [1.82, 2.24) is 10.6 Å². The topological polar surface area (TPSA) is 108 Å². The third kappa shape index (κ3) is 2.11. The minimum absolute atomic E-state index is 0.180. The standard InChI is InChI=1S/C6H11N3O3/c7-4(5(10)11)1-3-2-8-6(12)9-3/h2,4,6,8-9,12H,1,7H2,(H,10,11)/t4-,6-/m0/s1. The quantitative estimate of drug-likeness (QED) is 0.341. The molecule has 6 nitrogen and oxygen atoms in total. The lowest BCUT2D eigenvalue weighted by atomic mass is 10.2. The highest BCUT2D eigenvalue weighted by molar-refractivity contribution is 5.73. The number of aliphatic carboxylic acids is 1. The predicted octanol–water partition coefficient (Wildman–Crippen LogP) is -1.90. The molecule has 0 saturated heterocycles. The molecule has 0 aromatic heterocycles. The van der Waals surface area contributed by atoms with Gasteiger partial charge in [-0.25, -0.2) is 0 Å². The van der Waals surface area contributed by atoms with Crippen molar-refractivity contribution >= 4 is 5.97 Å². The molecule has 6 heteroatoms. The van der Waals surface area contributed by atoms with Crippen LogP contribution >= 0.6 is 0 Å². The first-order chi connectivity index (χ1) is 5.59. The summed E-state index contributed by atoms with van der Waals surface area (Å²) in [6.07, 6.45) is 0.855. The van der Waals surface area contributed by atoms with Gasteiger partial charge < -0.3 is 26.6 Å². The summed E-state index contributed by atoms with van der Waals surface area (Å²) in [4.78, 5) is 10.3. The van der Waals surface area contributed by atoms with Gasteiger partial charge in [-0.1, -0.05) is 0 Å². The zero-order valence-corrected chi connectivity index (χ0v) is 6.32. The van der Waals surface area contributed by atoms with Crippen LogP contribution in [-0.4, -0.2) is 28.6 Å². The van der Waals surface area contributed by atoms with Crippen molar-refractivity contribution in [2.24, 2.45) is 5.73 Å². The second-order valence-electron chi connectivity index (χ2n) is 2.53. The summed E-state index contributed by atoms with van der Waals surface area (Å²) >= 11 is 0. The van der Waals surface area contributed by atoms with Gasteiger partial charge in [0, 0.05) is 18.3 Å². The number of hydrogen-bond donors (Lipinski definition) is 5. The first-order valence-corrected chi connectivity index (χ1v) is 3.47. The maximum absolute atomic E-state index is 10.3. The second-order valence-corrected chi connectivity index (χ2v) is 2.53. The summed E-state index contributed by atoms with van der Waals surface area (Å²) in [6, 6.07) is -0.934. The number of carboxylic acids is 1. The molecular weight excluding hydrogens is 162 g/mol. The normalized spacial score (nSPS) is 23.8. The van der Waals surface area contributed by atoms with Crippen LogP contribution in [0.4, 0.5) is 0 Å². The van der Waals surface area contributed by atoms with E-state index in [2.05, 4.69) is 10.6 Å². The number of rotatable bonds is 3. The van der Waals surface area contributed by atoms with E-state index >= 15 is 0 Å². The summed E-state index contributed by atoms with van der Waals surface area (Å²) in [5.41, 5.74) is 5.85. The highest BCUT2D eigenvalue weighted by atomic mass is 16.4. The number of carboxylic acid groups (broad SMARTS) is 1. The number of nitrogens with two attached hydrogens (primary N) is 1. The van der Waals surface area contributed by atoms with Crippen molar-refractivity contribution in [2.45, 2.75) is 18.8 Å². The molecule has 0 unspecified atom stereocenters. The molecule has 6 N–H and O–H groups in total. The van der Waals surface area contributed by atoms with Gasteiger partial charge in [0.1, 0.15) is 6.04 Å². The molecular formula is C6H11N3O3. The van der Waals surface area contributed by atoms with E-state index < -0.39 is 18.4 Å². The molecule has 1 rings (SSSR count). The van der Waals surface area contributed by atoms with Crippen LogP contribution in [-0.2, 0) is 4.79 Å². The van der Waals surface area contributed by atoms with E-state index in [0.717, 1.165) is 0 Å². The minimum Gasteiger partial charge on any atom is -0.480 e. The van der Waals surface area contributed by atoms with Crippen LogP contribution in [0.5, 0.6) is 0 Å². The smallest absolute Gasteiger partial charge is 0.320 e. The van der Waals surface area contributed by atoms with E-state index in [1.807, 2.05) is 0 Å². The fourth-order valence-corrected chi connectivity index (χ4v) is 0.881. The van der Waals surface area contributed by atoms with E-state index in [1.54, 1.807) is 0 Å². The zero-order chi connectivity index (χ0) is 9.14. The van der Waals surface area contributed by atoms with Crippen LogP contribution < -0.4 is 16.4 Å². The van der Waals surface area contributed by atoms with Crippen molar-refractivity contribution in [2.75, 3.05) is 0 Å². The molecule has 0 spiro atoms. The SMILES string of the molecule is N[C@@H](CC1=CN[C@H](O)N1)C(=O)O. The number of nitrogens with one attached hydrogen (secondary N) is 2. The number of aliphatic hydroxyl groups excluding tert-OH is 1. The summed E-state index contributed by atoms with van der Waals surface area (Å²) in [7, 11) is 0. The minimum atomic E-state index is -1.06. The fraction of sp³-hybridized carbons (Fsp3) is 0.500. The van der Waals surface area contributed by atoms with Crippen LogP contribution in [0, 0.1) is 0 Å². The molecule has 0 fully saturated rings. The third-order valence-electron chi connectivity index (χ3n) is 1.49. The molecule has 0 radical (unpaired) electrons. The van der Waals surface area contributed by atoms with Crippen LogP contribution in [0.15, 0.2) is 11.9 Å². The largest absolute Gasteiger partial charge is 0.480 e. The maximum Gasteiger partial charge on any atom is 0.320 e. The molecule has 68 valence electrons. The molecule has 0 aliphatic carbocycles. The van der Waals surface area contributed by atoms with Crippen LogP contribution in [0.2, 0.25) is 0 Å². The van der Waals surface area contributed by atoms with Gasteiger partial charge in [0.2, 0.25) is 6.35 Å². The Morgan fingerprint density at radius 1 is 1.83 bits per heavy atom. The molecule has 12 heavy (non-hydrogen) atoms. The van der Waals surface area contributed by atoms with Crippen molar-refractivity contribution < 1.29 is 15.0 Å². The second kappa shape index (κ2) is 3.42. The average Bonchev–Trinajstić information content (AvgIpc) is 2.35. The molecule has 0 aromatic carbocycles. The Hall–Kier alpha value is -1.27. The number of aliphatic hydroxyl groups is 1. The summed E-state index contributed by atoms with van der Waals surface area (Å²) < 4.78 is 0. The molecule has 1 aliphatic rings. The Morgan fingerprint density at radius 3 is 2.92 bits per heavy atom. The van der Waals surface area contributed by atoms with Crippen LogP contribution in [0.25, 0.3) is 0 Å². The third-order valence-corrected chi connectivity index (χ3v) is 1.49. The van der Waals surface area contributed by atoms with Crippen LogP contribution in [0.1, 0.15) is 6.42 Å². The summed E-state index contributed by atoms with van der Waals surface area (Å²) in [5.74, 6) is -1.06.